The van der Waals surface area contributed by atoms with E-state index in [9.17, 15) is 4.79 Å². The Hall–Kier alpha value is -0.610. The number of likely N-dealkylation sites (N-methyl/N-ethyl adjacent to an activating group) is 1. The predicted octanol–water partition coefficient (Wildman–Crippen LogP) is 0.855. The van der Waals surface area contributed by atoms with Crippen LogP contribution in [-0.4, -0.2) is 43.7 Å². The van der Waals surface area contributed by atoms with E-state index in [4.69, 9.17) is 10.5 Å². The minimum atomic E-state index is -0.203. The third kappa shape index (κ3) is 4.62. The summed E-state index contributed by atoms with van der Waals surface area (Å²) in [5.41, 5.74) is 5.70. The van der Waals surface area contributed by atoms with Crippen LogP contribution in [0.5, 0.6) is 0 Å². The molecule has 0 bridgehead atoms. The zero-order valence-electron chi connectivity index (χ0n) is 10.5. The Morgan fingerprint density at radius 3 is 2.40 bits per heavy atom. The topological polar surface area (TPSA) is 55.6 Å². The van der Waals surface area contributed by atoms with Crippen molar-refractivity contribution < 1.29 is 9.53 Å². The van der Waals surface area contributed by atoms with Crippen molar-refractivity contribution in [2.45, 2.75) is 33.7 Å². The lowest BCUT2D eigenvalue weighted by molar-refractivity contribution is -0.146. The van der Waals surface area contributed by atoms with E-state index in [0.717, 1.165) is 13.1 Å². The van der Waals surface area contributed by atoms with Crippen molar-refractivity contribution in [2.75, 3.05) is 26.7 Å². The van der Waals surface area contributed by atoms with Gasteiger partial charge >= 0.3 is 5.97 Å². The molecular weight excluding hydrogens is 192 g/mol. The summed E-state index contributed by atoms with van der Waals surface area (Å²) in [6.45, 7) is 10.3. The van der Waals surface area contributed by atoms with Crippen molar-refractivity contribution in [3.05, 3.63) is 0 Å². The van der Waals surface area contributed by atoms with Crippen LogP contribution in [0.4, 0.5) is 0 Å². The van der Waals surface area contributed by atoms with E-state index < -0.39 is 0 Å². The predicted molar refractivity (Wildman–Crippen MR) is 61.6 cm³/mol. The highest BCUT2D eigenvalue weighted by Gasteiger charge is 2.26. The number of methoxy groups -OCH3 is 1. The van der Waals surface area contributed by atoms with Crippen molar-refractivity contribution in [1.82, 2.24) is 4.90 Å². The molecule has 15 heavy (non-hydrogen) atoms. The molecule has 0 aliphatic rings. The van der Waals surface area contributed by atoms with Crippen molar-refractivity contribution in [1.29, 1.82) is 0 Å². The van der Waals surface area contributed by atoms with Gasteiger partial charge in [0.05, 0.1) is 7.11 Å². The number of carbonyl (C=O) groups is 1. The smallest absolute Gasteiger partial charge is 0.322 e. The molecule has 0 saturated carbocycles. The van der Waals surface area contributed by atoms with Crippen LogP contribution in [0.2, 0.25) is 0 Å². The zero-order chi connectivity index (χ0) is 12.1. The van der Waals surface area contributed by atoms with Crippen molar-refractivity contribution >= 4 is 5.97 Å². The molecule has 0 fully saturated rings. The number of nitrogens with zero attached hydrogens (tertiary/aromatic N) is 1. The summed E-state index contributed by atoms with van der Waals surface area (Å²) in [5, 5.41) is 0. The molecule has 1 unspecified atom stereocenters. The lowest BCUT2D eigenvalue weighted by atomic mass is 9.92. The van der Waals surface area contributed by atoms with E-state index in [2.05, 4.69) is 18.7 Å². The first-order valence-electron chi connectivity index (χ1n) is 5.40. The molecule has 1 atom stereocenters. The standard InChI is InChI=1S/C11H24N2O2/c1-6-13(8-11(3,4)7-12)9(2)10(14)15-5/h9H,6-8,12H2,1-5H3. The maximum Gasteiger partial charge on any atom is 0.322 e. The van der Waals surface area contributed by atoms with E-state index >= 15 is 0 Å². The zero-order valence-corrected chi connectivity index (χ0v) is 10.5. The molecule has 0 spiro atoms. The fraction of sp³-hybridized carbons (Fsp3) is 0.909. The maximum absolute atomic E-state index is 11.4. The fourth-order valence-electron chi connectivity index (χ4n) is 1.46. The third-order valence-corrected chi connectivity index (χ3v) is 2.68. The summed E-state index contributed by atoms with van der Waals surface area (Å²) in [6.07, 6.45) is 0. The van der Waals surface area contributed by atoms with E-state index in [1.54, 1.807) is 0 Å². The van der Waals surface area contributed by atoms with Gasteiger partial charge < -0.3 is 10.5 Å². The molecule has 0 aromatic carbocycles. The van der Waals surface area contributed by atoms with Crippen molar-refractivity contribution in [3.8, 4) is 0 Å². The van der Waals surface area contributed by atoms with E-state index in [1.165, 1.54) is 7.11 Å². The van der Waals surface area contributed by atoms with Crippen LogP contribution in [0.25, 0.3) is 0 Å². The minimum Gasteiger partial charge on any atom is -0.468 e. The molecule has 0 amide bonds. The minimum absolute atomic E-state index is 0.0261. The second-order valence-corrected chi connectivity index (χ2v) is 4.63. The lowest BCUT2D eigenvalue weighted by Crippen LogP contribution is -2.46. The number of rotatable bonds is 6. The first kappa shape index (κ1) is 14.4. The monoisotopic (exact) mass is 216 g/mol. The Morgan fingerprint density at radius 1 is 1.53 bits per heavy atom. The van der Waals surface area contributed by atoms with Gasteiger partial charge in [-0.05, 0) is 25.4 Å². The number of hydrogen-bond donors (Lipinski definition) is 1. The first-order valence-corrected chi connectivity index (χ1v) is 5.40. The largest absolute Gasteiger partial charge is 0.468 e. The Bertz CT molecular complexity index is 205. The van der Waals surface area contributed by atoms with Crippen LogP contribution in [0.1, 0.15) is 27.7 Å². The Balaban J connectivity index is 4.43. The second kappa shape index (κ2) is 6.08. The average molecular weight is 216 g/mol. The molecule has 0 aliphatic carbocycles. The molecular formula is C11H24N2O2. The van der Waals surface area contributed by atoms with E-state index in [-0.39, 0.29) is 17.4 Å². The molecule has 4 nitrogen and oxygen atoms in total. The van der Waals surface area contributed by atoms with Crippen LogP contribution < -0.4 is 5.73 Å². The van der Waals surface area contributed by atoms with Gasteiger partial charge in [-0.3, -0.25) is 9.69 Å². The molecule has 0 rings (SSSR count). The van der Waals surface area contributed by atoms with Crippen LogP contribution in [0.15, 0.2) is 0 Å². The molecule has 0 aromatic rings. The van der Waals surface area contributed by atoms with Crippen LogP contribution in [0.3, 0.4) is 0 Å². The normalized spacial score (nSPS) is 14.1. The first-order chi connectivity index (χ1) is 6.87. The number of ether oxygens (including phenoxy) is 1. The summed E-state index contributed by atoms with van der Waals surface area (Å²) in [7, 11) is 1.42. The third-order valence-electron chi connectivity index (χ3n) is 2.68. The van der Waals surface area contributed by atoms with E-state index in [0.29, 0.717) is 6.54 Å². The van der Waals surface area contributed by atoms with Gasteiger partial charge in [-0.15, -0.1) is 0 Å². The SMILES string of the molecule is CCN(CC(C)(C)CN)C(C)C(=O)OC. The average Bonchev–Trinajstić information content (AvgIpc) is 2.23. The Labute approximate surface area is 92.8 Å². The molecule has 0 saturated heterocycles. The van der Waals surface area contributed by atoms with Gasteiger partial charge in [-0.1, -0.05) is 20.8 Å². The van der Waals surface area contributed by atoms with Crippen molar-refractivity contribution in [2.24, 2.45) is 11.1 Å². The number of carbonyl (C=O) groups excluding carboxylic acids is 1. The molecule has 0 aromatic heterocycles. The Kier molecular flexibility index (Phi) is 5.83. The molecule has 0 radical (unpaired) electrons. The number of nitrogens with two attached hydrogens (primary N) is 1. The molecule has 2 N–H and O–H groups in total. The van der Waals surface area contributed by atoms with Crippen LogP contribution in [-0.2, 0) is 9.53 Å². The van der Waals surface area contributed by atoms with Crippen molar-refractivity contribution in [3.63, 3.8) is 0 Å². The summed E-state index contributed by atoms with van der Waals surface area (Å²) in [6, 6.07) is -0.203. The van der Waals surface area contributed by atoms with Gasteiger partial charge in [-0.2, -0.15) is 0 Å². The van der Waals surface area contributed by atoms with Gasteiger partial charge in [0.15, 0.2) is 0 Å². The molecule has 0 aliphatic heterocycles. The number of esters is 1. The van der Waals surface area contributed by atoms with Gasteiger partial charge in [-0.25, -0.2) is 0 Å². The van der Waals surface area contributed by atoms with Gasteiger partial charge in [0, 0.05) is 6.54 Å². The van der Waals surface area contributed by atoms with Gasteiger partial charge in [0.25, 0.3) is 0 Å². The summed E-state index contributed by atoms with van der Waals surface area (Å²) in [5.74, 6) is -0.190. The lowest BCUT2D eigenvalue weighted by Gasteiger charge is -2.33. The highest BCUT2D eigenvalue weighted by molar-refractivity contribution is 5.75. The number of hydrogen-bond acceptors (Lipinski definition) is 4. The second-order valence-electron chi connectivity index (χ2n) is 4.63. The maximum atomic E-state index is 11.4. The van der Waals surface area contributed by atoms with Gasteiger partial charge in [0.2, 0.25) is 0 Å². The highest BCUT2D eigenvalue weighted by atomic mass is 16.5. The fourth-order valence-corrected chi connectivity index (χ4v) is 1.46. The van der Waals surface area contributed by atoms with E-state index in [1.807, 2.05) is 13.8 Å². The molecule has 4 heteroatoms. The van der Waals surface area contributed by atoms with Gasteiger partial charge in [0.1, 0.15) is 6.04 Å². The summed E-state index contributed by atoms with van der Waals surface area (Å²) >= 11 is 0. The quantitative estimate of drug-likeness (QED) is 0.669. The molecule has 0 heterocycles. The van der Waals surface area contributed by atoms with Crippen LogP contribution in [0, 0.1) is 5.41 Å². The summed E-state index contributed by atoms with van der Waals surface area (Å²) in [4.78, 5) is 13.5. The molecule has 90 valence electrons. The summed E-state index contributed by atoms with van der Waals surface area (Å²) < 4.78 is 4.73. The Morgan fingerprint density at radius 2 is 2.07 bits per heavy atom. The van der Waals surface area contributed by atoms with Crippen LogP contribution >= 0.6 is 0 Å². The highest BCUT2D eigenvalue weighted by Crippen LogP contribution is 2.16.